The van der Waals surface area contributed by atoms with E-state index < -0.39 is 10.1 Å². The molecule has 2 aromatic rings. The molecule has 0 spiro atoms. The van der Waals surface area contributed by atoms with E-state index in [0.29, 0.717) is 11.1 Å². The van der Waals surface area contributed by atoms with E-state index in [4.69, 9.17) is 8.60 Å². The van der Waals surface area contributed by atoms with Gasteiger partial charge in [-0.2, -0.15) is 8.42 Å². The Morgan fingerprint density at radius 3 is 2.88 bits per heavy atom. The standard InChI is InChI=1S/C10H9BrO4S/c1-16(12,13)15-6-7-5-14-10-8(7)3-2-4-9(10)11/h2-5H,6H2,1H3. The van der Waals surface area contributed by atoms with Gasteiger partial charge in [0.1, 0.15) is 5.58 Å². The van der Waals surface area contributed by atoms with Gasteiger partial charge in [0.15, 0.2) is 0 Å². The van der Waals surface area contributed by atoms with Crippen molar-refractivity contribution in [3.05, 3.63) is 34.5 Å². The van der Waals surface area contributed by atoms with Gasteiger partial charge < -0.3 is 4.42 Å². The summed E-state index contributed by atoms with van der Waals surface area (Å²) < 4.78 is 32.6. The second-order valence-corrected chi connectivity index (χ2v) is 5.84. The smallest absolute Gasteiger partial charge is 0.264 e. The van der Waals surface area contributed by atoms with Crippen molar-refractivity contribution in [2.75, 3.05) is 6.26 Å². The van der Waals surface area contributed by atoms with Crippen molar-refractivity contribution in [3.8, 4) is 0 Å². The lowest BCUT2D eigenvalue weighted by atomic mass is 10.2. The third-order valence-electron chi connectivity index (χ3n) is 2.06. The number of halogens is 1. The van der Waals surface area contributed by atoms with Gasteiger partial charge in [0, 0.05) is 10.9 Å². The van der Waals surface area contributed by atoms with Gasteiger partial charge in [-0.15, -0.1) is 0 Å². The SMILES string of the molecule is CS(=O)(=O)OCc1coc2c(Br)cccc12. The molecule has 0 N–H and O–H groups in total. The second kappa shape index (κ2) is 4.20. The molecule has 0 unspecified atom stereocenters. The van der Waals surface area contributed by atoms with Crippen LogP contribution in [-0.2, 0) is 20.9 Å². The molecule has 0 radical (unpaired) electrons. The first-order valence-corrected chi connectivity index (χ1v) is 7.07. The normalized spacial score (nSPS) is 12.1. The van der Waals surface area contributed by atoms with E-state index in [1.807, 2.05) is 18.2 Å². The van der Waals surface area contributed by atoms with Gasteiger partial charge in [-0.25, -0.2) is 0 Å². The summed E-state index contributed by atoms with van der Waals surface area (Å²) in [6.07, 6.45) is 2.52. The van der Waals surface area contributed by atoms with Gasteiger partial charge >= 0.3 is 0 Å². The maximum absolute atomic E-state index is 10.9. The fourth-order valence-electron chi connectivity index (χ4n) is 1.36. The van der Waals surface area contributed by atoms with E-state index in [0.717, 1.165) is 16.1 Å². The first-order chi connectivity index (χ1) is 7.47. The third kappa shape index (κ3) is 2.45. The number of hydrogen-bond acceptors (Lipinski definition) is 4. The van der Waals surface area contributed by atoms with Crippen LogP contribution in [-0.4, -0.2) is 14.7 Å². The molecule has 0 atom stereocenters. The highest BCUT2D eigenvalue weighted by molar-refractivity contribution is 9.10. The van der Waals surface area contributed by atoms with Crippen molar-refractivity contribution in [2.45, 2.75) is 6.61 Å². The van der Waals surface area contributed by atoms with Crippen molar-refractivity contribution in [1.82, 2.24) is 0 Å². The molecule has 0 saturated heterocycles. The molecule has 6 heteroatoms. The summed E-state index contributed by atoms with van der Waals surface area (Å²) in [5.41, 5.74) is 1.40. The average Bonchev–Trinajstić information content (AvgIpc) is 2.58. The summed E-state index contributed by atoms with van der Waals surface area (Å²) in [4.78, 5) is 0. The molecule has 1 heterocycles. The molecule has 4 nitrogen and oxygen atoms in total. The summed E-state index contributed by atoms with van der Waals surface area (Å²) in [5.74, 6) is 0. The predicted molar refractivity (Wildman–Crippen MR) is 63.5 cm³/mol. The minimum absolute atomic E-state index is 0.0116. The van der Waals surface area contributed by atoms with E-state index in [1.54, 1.807) is 0 Å². The molecule has 1 aromatic heterocycles. The van der Waals surface area contributed by atoms with E-state index in [2.05, 4.69) is 15.9 Å². The fourth-order valence-corrected chi connectivity index (χ4v) is 2.16. The molecule has 0 bridgehead atoms. The van der Waals surface area contributed by atoms with Crippen LogP contribution in [0.15, 0.2) is 33.4 Å². The lowest BCUT2D eigenvalue weighted by Crippen LogP contribution is -2.02. The number of para-hydroxylation sites is 1. The van der Waals surface area contributed by atoms with Crippen molar-refractivity contribution >= 4 is 37.0 Å². The van der Waals surface area contributed by atoms with Crippen LogP contribution in [0.3, 0.4) is 0 Å². The van der Waals surface area contributed by atoms with Gasteiger partial charge in [-0.1, -0.05) is 12.1 Å². The van der Waals surface area contributed by atoms with E-state index in [1.165, 1.54) is 6.26 Å². The quantitative estimate of drug-likeness (QED) is 0.818. The second-order valence-electron chi connectivity index (χ2n) is 3.34. The number of rotatable bonds is 3. The third-order valence-corrected chi connectivity index (χ3v) is 3.23. The number of hydrogen-bond donors (Lipinski definition) is 0. The van der Waals surface area contributed by atoms with Crippen LogP contribution in [0.1, 0.15) is 5.56 Å². The van der Waals surface area contributed by atoms with E-state index in [-0.39, 0.29) is 6.61 Å². The Morgan fingerprint density at radius 2 is 2.19 bits per heavy atom. The highest BCUT2D eigenvalue weighted by atomic mass is 79.9. The molecule has 16 heavy (non-hydrogen) atoms. The monoisotopic (exact) mass is 304 g/mol. The minimum Gasteiger partial charge on any atom is -0.463 e. The topological polar surface area (TPSA) is 56.5 Å². The van der Waals surface area contributed by atoms with Crippen molar-refractivity contribution in [2.24, 2.45) is 0 Å². The van der Waals surface area contributed by atoms with Crippen molar-refractivity contribution < 1.29 is 17.0 Å². The molecule has 1 aromatic carbocycles. The van der Waals surface area contributed by atoms with Crippen LogP contribution in [0.2, 0.25) is 0 Å². The first kappa shape index (κ1) is 11.6. The van der Waals surface area contributed by atoms with Gasteiger partial charge in [0.25, 0.3) is 10.1 Å². The summed E-state index contributed by atoms with van der Waals surface area (Å²) in [7, 11) is -3.43. The molecule has 0 aliphatic rings. The molecule has 0 aliphatic carbocycles. The summed E-state index contributed by atoms with van der Waals surface area (Å²) in [6, 6.07) is 5.56. The summed E-state index contributed by atoms with van der Waals surface area (Å²) >= 11 is 3.35. The van der Waals surface area contributed by atoms with E-state index >= 15 is 0 Å². The first-order valence-electron chi connectivity index (χ1n) is 4.46. The Bertz CT molecular complexity index is 615. The van der Waals surface area contributed by atoms with Gasteiger partial charge in [0.05, 0.1) is 23.6 Å². The van der Waals surface area contributed by atoms with Gasteiger partial charge in [0.2, 0.25) is 0 Å². The Kier molecular flexibility index (Phi) is 3.05. The predicted octanol–water partition coefficient (Wildman–Crippen LogP) is 2.67. The van der Waals surface area contributed by atoms with Crippen LogP contribution in [0.5, 0.6) is 0 Å². The van der Waals surface area contributed by atoms with Crippen LogP contribution in [0.4, 0.5) is 0 Å². The molecule has 0 aliphatic heterocycles. The largest absolute Gasteiger partial charge is 0.463 e. The van der Waals surface area contributed by atoms with Crippen LogP contribution < -0.4 is 0 Å². The average molecular weight is 305 g/mol. The fraction of sp³-hybridized carbons (Fsp3) is 0.200. The molecule has 0 fully saturated rings. The molecule has 86 valence electrons. The van der Waals surface area contributed by atoms with Crippen LogP contribution in [0, 0.1) is 0 Å². The Morgan fingerprint density at radius 1 is 1.44 bits per heavy atom. The van der Waals surface area contributed by atoms with Gasteiger partial charge in [-0.05, 0) is 22.0 Å². The molecular formula is C10H9BrO4S. The summed E-state index contributed by atoms with van der Waals surface area (Å²) in [5, 5.41) is 0.845. The molecular weight excluding hydrogens is 296 g/mol. The minimum atomic E-state index is -3.43. The molecule has 0 amide bonds. The lowest BCUT2D eigenvalue weighted by molar-refractivity contribution is 0.311. The maximum Gasteiger partial charge on any atom is 0.264 e. The molecule has 2 rings (SSSR count). The Labute approximate surface area is 101 Å². The Balaban J connectivity index is 2.36. The highest BCUT2D eigenvalue weighted by Gasteiger charge is 2.10. The van der Waals surface area contributed by atoms with Crippen molar-refractivity contribution in [3.63, 3.8) is 0 Å². The van der Waals surface area contributed by atoms with Crippen LogP contribution in [0.25, 0.3) is 11.0 Å². The lowest BCUT2D eigenvalue weighted by Gasteiger charge is -1.98. The number of furan rings is 1. The Hall–Kier alpha value is -0.850. The van der Waals surface area contributed by atoms with Crippen LogP contribution >= 0.6 is 15.9 Å². The summed E-state index contributed by atoms with van der Waals surface area (Å²) in [6.45, 7) is -0.0116. The number of benzene rings is 1. The van der Waals surface area contributed by atoms with Gasteiger partial charge in [-0.3, -0.25) is 4.18 Å². The highest BCUT2D eigenvalue weighted by Crippen LogP contribution is 2.28. The number of fused-ring (bicyclic) bond motifs is 1. The molecule has 0 saturated carbocycles. The zero-order valence-electron chi connectivity index (χ0n) is 8.44. The van der Waals surface area contributed by atoms with E-state index in [9.17, 15) is 8.42 Å². The van der Waals surface area contributed by atoms with Crippen molar-refractivity contribution in [1.29, 1.82) is 0 Å². The zero-order chi connectivity index (χ0) is 11.8. The maximum atomic E-state index is 10.9. The zero-order valence-corrected chi connectivity index (χ0v) is 10.8.